The normalized spacial score (nSPS) is 7.19. The van der Waals surface area contributed by atoms with Crippen molar-refractivity contribution in [3.05, 3.63) is 0 Å². The Bertz CT molecular complexity index is 416. The third-order valence-electron chi connectivity index (χ3n) is 1.83. The van der Waals surface area contributed by atoms with Gasteiger partial charge in [-0.05, 0) is 0 Å². The SMILES string of the molecule is CN(C)C(=S)[S-].CN(C)C(=S)[S-].CN(C)C(=S)[S-].CN(C)C(=S)[S-].CN(C)C(=S)[S-].[Cu+2].[Fe+3]. The van der Waals surface area contributed by atoms with Crippen LogP contribution in [0.3, 0.4) is 0 Å². The molecular formula is C15H30CuFeN5S10. The molecule has 0 atom stereocenters. The summed E-state index contributed by atoms with van der Waals surface area (Å²) in [6.07, 6.45) is 0. The Morgan fingerprint density at radius 1 is 0.375 bits per heavy atom. The van der Waals surface area contributed by atoms with Crippen molar-refractivity contribution in [1.29, 1.82) is 0 Å². The van der Waals surface area contributed by atoms with Crippen LogP contribution in [0.15, 0.2) is 0 Å². The summed E-state index contributed by atoms with van der Waals surface area (Å²) in [4.78, 5) is 8.56. The first-order valence-corrected chi connectivity index (χ1v) is 11.7. The molecule has 0 aromatic heterocycles. The van der Waals surface area contributed by atoms with Crippen molar-refractivity contribution in [2.24, 2.45) is 0 Å². The molecule has 0 heterocycles. The maximum atomic E-state index is 4.56. The molecule has 0 saturated carbocycles. The van der Waals surface area contributed by atoms with Crippen LogP contribution in [0.4, 0.5) is 0 Å². The van der Waals surface area contributed by atoms with Crippen LogP contribution in [0.1, 0.15) is 0 Å². The van der Waals surface area contributed by atoms with Crippen molar-refractivity contribution < 1.29 is 34.1 Å². The summed E-state index contributed by atoms with van der Waals surface area (Å²) in [5.74, 6) is 0. The fraction of sp³-hybridized carbons (Fsp3) is 0.667. The van der Waals surface area contributed by atoms with Crippen molar-refractivity contribution in [1.82, 2.24) is 24.5 Å². The summed E-state index contributed by atoms with van der Waals surface area (Å²) < 4.78 is 2.55. The fourth-order valence-corrected chi connectivity index (χ4v) is 0. The third-order valence-corrected chi connectivity index (χ3v) is 5.48. The van der Waals surface area contributed by atoms with Gasteiger partial charge in [0.2, 0.25) is 0 Å². The van der Waals surface area contributed by atoms with E-state index in [4.69, 9.17) is 0 Å². The molecule has 0 aliphatic carbocycles. The molecular weight excluding hydrogens is 690 g/mol. The first-order valence-electron chi connectivity index (χ1n) is 7.63. The molecule has 0 N–H and O–H groups in total. The van der Waals surface area contributed by atoms with E-state index in [1.807, 2.05) is 70.5 Å². The van der Waals surface area contributed by atoms with Gasteiger partial charge < -0.3 is 149 Å². The molecule has 17 heteroatoms. The Morgan fingerprint density at radius 2 is 0.406 bits per heavy atom. The van der Waals surface area contributed by atoms with Crippen LogP contribution in [0, 0.1) is 0 Å². The first-order chi connectivity index (χ1) is 13.2. The molecule has 0 spiro atoms. The van der Waals surface area contributed by atoms with Gasteiger partial charge in [-0.25, -0.2) is 0 Å². The average Bonchev–Trinajstić information content (AvgIpc) is 2.56. The summed E-state index contributed by atoms with van der Waals surface area (Å²) >= 11 is 45.6. The summed E-state index contributed by atoms with van der Waals surface area (Å²) in [5.41, 5.74) is 0. The smallest absolute Gasteiger partial charge is 0.411 e. The van der Waals surface area contributed by atoms with E-state index < -0.39 is 0 Å². The molecule has 194 valence electrons. The molecule has 0 fully saturated rings. The second-order valence-corrected chi connectivity index (χ2v) is 11.0. The topological polar surface area (TPSA) is 16.2 Å². The average molecular weight is 721 g/mol. The molecule has 0 aliphatic rings. The van der Waals surface area contributed by atoms with Crippen molar-refractivity contribution in [2.45, 2.75) is 0 Å². The van der Waals surface area contributed by atoms with Crippen molar-refractivity contribution >= 4 is 146 Å². The molecule has 0 aromatic rings. The molecule has 0 amide bonds. The van der Waals surface area contributed by atoms with Gasteiger partial charge >= 0.3 is 34.1 Å². The Hall–Kier alpha value is 1.59. The summed E-state index contributed by atoms with van der Waals surface area (Å²) in [5, 5.41) is 0. The summed E-state index contributed by atoms with van der Waals surface area (Å²) in [6, 6.07) is 0. The minimum Gasteiger partial charge on any atom is -0.411 e. The Labute approximate surface area is 271 Å². The molecule has 0 bridgehead atoms. The summed E-state index contributed by atoms with van der Waals surface area (Å²) in [7, 11) is 18.3. The van der Waals surface area contributed by atoms with E-state index in [0.29, 0.717) is 21.6 Å². The molecule has 2 radical (unpaired) electrons. The maximum Gasteiger partial charge on any atom is 3.00 e. The predicted molar refractivity (Wildman–Crippen MR) is 168 cm³/mol. The first kappa shape index (κ1) is 50.5. The van der Waals surface area contributed by atoms with Crippen molar-refractivity contribution in [3.8, 4) is 0 Å². The minimum atomic E-state index is 0. The fourth-order valence-electron chi connectivity index (χ4n) is 0. The van der Waals surface area contributed by atoms with E-state index in [1.165, 1.54) is 0 Å². The standard InChI is InChI=1S/5C3H7NS2.Cu.Fe/c5*1-4(2)3(5)6;;/h5*1-2H3,(H,5,6);;/q;;;;;+2;+3/p-5. The molecule has 0 unspecified atom stereocenters. The molecule has 0 rings (SSSR count). The van der Waals surface area contributed by atoms with Gasteiger partial charge in [-0.15, -0.1) is 0 Å². The van der Waals surface area contributed by atoms with Gasteiger partial charge in [0.05, 0.1) is 0 Å². The molecule has 0 saturated heterocycles. The predicted octanol–water partition coefficient (Wildman–Crippen LogP) is 1.89. The van der Waals surface area contributed by atoms with E-state index in [-0.39, 0.29) is 34.1 Å². The summed E-state index contributed by atoms with van der Waals surface area (Å²) in [6.45, 7) is 0. The van der Waals surface area contributed by atoms with Crippen LogP contribution >= 0.6 is 61.1 Å². The Morgan fingerprint density at radius 3 is 0.406 bits per heavy atom. The van der Waals surface area contributed by atoms with Gasteiger partial charge in [-0.1, -0.05) is 21.6 Å². The number of rotatable bonds is 0. The monoisotopic (exact) mass is 719 g/mol. The zero-order chi connectivity index (χ0) is 25.8. The zero-order valence-electron chi connectivity index (χ0n) is 19.5. The number of hydrogen-bond donors (Lipinski definition) is 0. The largest absolute Gasteiger partial charge is 3.00 e. The zero-order valence-corrected chi connectivity index (χ0v) is 29.7. The van der Waals surface area contributed by atoms with Crippen LogP contribution in [-0.2, 0) is 97.3 Å². The van der Waals surface area contributed by atoms with Crippen molar-refractivity contribution in [3.63, 3.8) is 0 Å². The van der Waals surface area contributed by atoms with Gasteiger partial charge in [0.1, 0.15) is 0 Å². The minimum absolute atomic E-state index is 0. The van der Waals surface area contributed by atoms with Crippen LogP contribution in [0.2, 0.25) is 0 Å². The van der Waals surface area contributed by atoms with Gasteiger partial charge in [-0.2, -0.15) is 0 Å². The number of nitrogens with zero attached hydrogens (tertiary/aromatic N) is 5. The van der Waals surface area contributed by atoms with E-state index >= 15 is 0 Å². The molecule has 0 aromatic carbocycles. The van der Waals surface area contributed by atoms with Crippen LogP contribution in [0.25, 0.3) is 0 Å². The van der Waals surface area contributed by atoms with E-state index in [0.717, 1.165) is 0 Å². The van der Waals surface area contributed by atoms with Crippen LogP contribution in [0.5, 0.6) is 0 Å². The third kappa shape index (κ3) is 63.4. The number of thiocarbonyl (C=S) groups is 5. The van der Waals surface area contributed by atoms with Gasteiger partial charge in [-0.3, -0.25) is 0 Å². The van der Waals surface area contributed by atoms with E-state index in [2.05, 4.69) is 124 Å². The van der Waals surface area contributed by atoms with Crippen LogP contribution < -0.4 is 0 Å². The quantitative estimate of drug-likeness (QED) is 0.206. The number of hydrogen-bond acceptors (Lipinski definition) is 10. The second kappa shape index (κ2) is 32.6. The molecule has 0 aliphatic heterocycles. The Balaban J connectivity index is -0.0000000481. The van der Waals surface area contributed by atoms with Crippen molar-refractivity contribution in [2.75, 3.05) is 70.5 Å². The maximum absolute atomic E-state index is 4.56. The molecule has 5 nitrogen and oxygen atoms in total. The van der Waals surface area contributed by atoms with E-state index in [1.54, 1.807) is 24.5 Å². The van der Waals surface area contributed by atoms with Crippen LogP contribution in [-0.4, -0.2) is 117 Å². The van der Waals surface area contributed by atoms with E-state index in [9.17, 15) is 0 Å². The second-order valence-electron chi connectivity index (χ2n) is 5.80. The Kier molecular flexibility index (Phi) is 51.4. The van der Waals surface area contributed by atoms with Gasteiger partial charge in [0.25, 0.3) is 0 Å². The van der Waals surface area contributed by atoms with Gasteiger partial charge in [0, 0.05) is 70.5 Å². The van der Waals surface area contributed by atoms with Gasteiger partial charge in [0.15, 0.2) is 0 Å². The molecule has 32 heavy (non-hydrogen) atoms.